The van der Waals surface area contributed by atoms with Crippen molar-refractivity contribution < 1.29 is 4.79 Å². The fourth-order valence-electron chi connectivity index (χ4n) is 0.707. The lowest BCUT2D eigenvalue weighted by atomic mass is 9.98. The summed E-state index contributed by atoms with van der Waals surface area (Å²) in [7, 11) is 0. The van der Waals surface area contributed by atoms with Crippen molar-refractivity contribution >= 4 is 6.29 Å². The van der Waals surface area contributed by atoms with Crippen molar-refractivity contribution in [1.82, 2.24) is 9.97 Å². The Bertz CT molecular complexity index is 376. The van der Waals surface area contributed by atoms with Gasteiger partial charge in [0.25, 0.3) is 0 Å². The van der Waals surface area contributed by atoms with Gasteiger partial charge in [-0.05, 0) is 26.7 Å². The summed E-state index contributed by atoms with van der Waals surface area (Å²) in [5.74, 6) is 6.31. The molecule has 72 valence electrons. The van der Waals surface area contributed by atoms with E-state index in [1.54, 1.807) is 0 Å². The number of carbonyl (C=O) groups is 1. The molecule has 1 heterocycles. The van der Waals surface area contributed by atoms with Crippen LogP contribution in [0.3, 0.4) is 0 Å². The van der Waals surface area contributed by atoms with Crippen LogP contribution in [-0.4, -0.2) is 16.3 Å². The SMILES string of the molecule is CC(C)(C)C#Cc1ncc(C=O)cn1. The number of carbonyl (C=O) groups excluding carboxylic acids is 1. The van der Waals surface area contributed by atoms with E-state index in [1.165, 1.54) is 12.4 Å². The van der Waals surface area contributed by atoms with Crippen molar-refractivity contribution in [2.24, 2.45) is 5.41 Å². The quantitative estimate of drug-likeness (QED) is 0.497. The largest absolute Gasteiger partial charge is 0.298 e. The number of hydrogen-bond donors (Lipinski definition) is 0. The monoisotopic (exact) mass is 188 g/mol. The van der Waals surface area contributed by atoms with Crippen LogP contribution in [0.1, 0.15) is 37.0 Å². The summed E-state index contributed by atoms with van der Waals surface area (Å²) in [6.45, 7) is 6.04. The van der Waals surface area contributed by atoms with Gasteiger partial charge in [0.2, 0.25) is 5.82 Å². The second-order valence-electron chi connectivity index (χ2n) is 3.96. The van der Waals surface area contributed by atoms with Crippen molar-refractivity contribution in [3.8, 4) is 11.8 Å². The Labute approximate surface area is 83.6 Å². The zero-order chi connectivity index (χ0) is 10.6. The maximum absolute atomic E-state index is 10.3. The van der Waals surface area contributed by atoms with E-state index in [-0.39, 0.29) is 5.41 Å². The number of nitrogens with zero attached hydrogens (tertiary/aromatic N) is 2. The van der Waals surface area contributed by atoms with Gasteiger partial charge in [0.1, 0.15) is 0 Å². The molecule has 0 aliphatic carbocycles. The first-order valence-electron chi connectivity index (χ1n) is 4.32. The maximum Gasteiger partial charge on any atom is 0.204 e. The van der Waals surface area contributed by atoms with E-state index in [1.807, 2.05) is 20.8 Å². The molecule has 0 N–H and O–H groups in total. The van der Waals surface area contributed by atoms with Crippen LogP contribution in [0.25, 0.3) is 0 Å². The highest BCUT2D eigenvalue weighted by Crippen LogP contribution is 2.09. The van der Waals surface area contributed by atoms with Crippen molar-refractivity contribution in [3.05, 3.63) is 23.8 Å². The van der Waals surface area contributed by atoms with Crippen LogP contribution >= 0.6 is 0 Å². The van der Waals surface area contributed by atoms with Crippen molar-refractivity contribution in [3.63, 3.8) is 0 Å². The molecule has 0 amide bonds. The fraction of sp³-hybridized carbons (Fsp3) is 0.364. The third-order valence-electron chi connectivity index (χ3n) is 1.36. The van der Waals surface area contributed by atoms with E-state index in [9.17, 15) is 4.79 Å². The van der Waals surface area contributed by atoms with Gasteiger partial charge in [-0.25, -0.2) is 9.97 Å². The van der Waals surface area contributed by atoms with Gasteiger partial charge < -0.3 is 0 Å². The Morgan fingerprint density at radius 2 is 1.86 bits per heavy atom. The molecule has 0 fully saturated rings. The highest BCUT2D eigenvalue weighted by Gasteiger charge is 2.03. The molecular formula is C11H12N2O. The van der Waals surface area contributed by atoms with Gasteiger partial charge in [0.15, 0.2) is 6.29 Å². The zero-order valence-corrected chi connectivity index (χ0v) is 8.53. The molecule has 1 aromatic rings. The molecule has 1 rings (SSSR count). The Hall–Kier alpha value is -1.69. The molecule has 3 heteroatoms. The highest BCUT2D eigenvalue weighted by atomic mass is 16.1. The Balaban J connectivity index is 2.87. The van der Waals surface area contributed by atoms with Crippen LogP contribution in [0.5, 0.6) is 0 Å². The number of hydrogen-bond acceptors (Lipinski definition) is 3. The summed E-state index contributed by atoms with van der Waals surface area (Å²) < 4.78 is 0. The molecule has 0 aliphatic heterocycles. The average Bonchev–Trinajstić information content (AvgIpc) is 2.14. The first kappa shape index (κ1) is 10.4. The van der Waals surface area contributed by atoms with Gasteiger partial charge in [0.05, 0.1) is 5.56 Å². The van der Waals surface area contributed by atoms with Crippen molar-refractivity contribution in [2.75, 3.05) is 0 Å². The summed E-state index contributed by atoms with van der Waals surface area (Å²) in [5, 5.41) is 0. The minimum atomic E-state index is -0.0628. The first-order valence-corrected chi connectivity index (χ1v) is 4.32. The molecule has 0 saturated heterocycles. The molecule has 0 aromatic carbocycles. The van der Waals surface area contributed by atoms with Crippen molar-refractivity contribution in [2.45, 2.75) is 20.8 Å². The van der Waals surface area contributed by atoms with E-state index in [4.69, 9.17) is 0 Å². The molecule has 0 saturated carbocycles. The van der Waals surface area contributed by atoms with Gasteiger partial charge in [-0.15, -0.1) is 0 Å². The van der Waals surface area contributed by atoms with Gasteiger partial charge in [0, 0.05) is 17.8 Å². The smallest absolute Gasteiger partial charge is 0.204 e. The van der Waals surface area contributed by atoms with Crippen LogP contribution in [-0.2, 0) is 0 Å². The molecule has 14 heavy (non-hydrogen) atoms. The lowest BCUT2D eigenvalue weighted by molar-refractivity contribution is 0.112. The lowest BCUT2D eigenvalue weighted by Gasteiger charge is -2.06. The Morgan fingerprint density at radius 3 is 2.29 bits per heavy atom. The normalized spacial score (nSPS) is 10.2. The highest BCUT2D eigenvalue weighted by molar-refractivity contribution is 5.73. The molecule has 0 aliphatic rings. The molecule has 0 spiro atoms. The van der Waals surface area contributed by atoms with Gasteiger partial charge in [-0.1, -0.05) is 5.92 Å². The second-order valence-corrected chi connectivity index (χ2v) is 3.96. The summed E-state index contributed by atoms with van der Waals surface area (Å²) in [4.78, 5) is 18.2. The molecule has 0 unspecified atom stereocenters. The third-order valence-corrected chi connectivity index (χ3v) is 1.36. The first-order chi connectivity index (χ1) is 6.51. The van der Waals surface area contributed by atoms with E-state index in [0.29, 0.717) is 17.7 Å². The predicted molar refractivity (Wildman–Crippen MR) is 53.8 cm³/mol. The number of aldehydes is 1. The molecule has 0 atom stereocenters. The van der Waals surface area contributed by atoms with Crippen LogP contribution in [0.15, 0.2) is 12.4 Å². The number of rotatable bonds is 1. The Kier molecular flexibility index (Phi) is 2.98. The van der Waals surface area contributed by atoms with Gasteiger partial charge in [-0.3, -0.25) is 4.79 Å². The van der Waals surface area contributed by atoms with E-state index >= 15 is 0 Å². The fourth-order valence-corrected chi connectivity index (χ4v) is 0.707. The van der Waals surface area contributed by atoms with Gasteiger partial charge in [-0.2, -0.15) is 0 Å². The molecule has 3 nitrogen and oxygen atoms in total. The van der Waals surface area contributed by atoms with Gasteiger partial charge >= 0.3 is 0 Å². The standard InChI is InChI=1S/C11H12N2O/c1-11(2,3)5-4-10-12-6-9(8-14)7-13-10/h6-8H,1-3H3. The summed E-state index contributed by atoms with van der Waals surface area (Å²) in [6, 6.07) is 0. The molecule has 1 aromatic heterocycles. The van der Waals surface area contributed by atoms with Crippen LogP contribution in [0.2, 0.25) is 0 Å². The lowest BCUT2D eigenvalue weighted by Crippen LogP contribution is -2.00. The third kappa shape index (κ3) is 3.36. The van der Waals surface area contributed by atoms with Crippen molar-refractivity contribution in [1.29, 1.82) is 0 Å². The minimum absolute atomic E-state index is 0.0628. The maximum atomic E-state index is 10.3. The van der Waals surface area contributed by atoms with Crippen LogP contribution in [0, 0.1) is 17.3 Å². The van der Waals surface area contributed by atoms with Crippen LogP contribution < -0.4 is 0 Å². The summed E-state index contributed by atoms with van der Waals surface area (Å²) in [6.07, 6.45) is 3.64. The molecule has 0 radical (unpaired) electrons. The van der Waals surface area contributed by atoms with E-state index in [2.05, 4.69) is 21.8 Å². The predicted octanol–water partition coefficient (Wildman–Crippen LogP) is 1.69. The summed E-state index contributed by atoms with van der Waals surface area (Å²) in [5.41, 5.74) is 0.401. The van der Waals surface area contributed by atoms with Crippen LogP contribution in [0.4, 0.5) is 0 Å². The minimum Gasteiger partial charge on any atom is -0.298 e. The molecular weight excluding hydrogens is 176 g/mol. The number of aromatic nitrogens is 2. The summed E-state index contributed by atoms with van der Waals surface area (Å²) >= 11 is 0. The Morgan fingerprint density at radius 1 is 1.29 bits per heavy atom. The molecule has 0 bridgehead atoms. The van der Waals surface area contributed by atoms with E-state index in [0.717, 1.165) is 0 Å². The average molecular weight is 188 g/mol. The zero-order valence-electron chi connectivity index (χ0n) is 8.53. The van der Waals surface area contributed by atoms with E-state index < -0.39 is 0 Å². The second kappa shape index (κ2) is 4.01. The topological polar surface area (TPSA) is 42.9 Å².